The Balaban J connectivity index is 0.00000192. The molecule has 0 aliphatic heterocycles. The minimum atomic E-state index is 0. The topological polar surface area (TPSA) is 77.2 Å². The number of anilines is 1. The Morgan fingerprint density at radius 3 is 2.87 bits per heavy atom. The van der Waals surface area contributed by atoms with Crippen molar-refractivity contribution in [2.24, 2.45) is 11.7 Å². The van der Waals surface area contributed by atoms with Gasteiger partial charge in [0.15, 0.2) is 5.13 Å². The number of aromatic nitrogens is 1. The third-order valence-corrected chi connectivity index (χ3v) is 4.72. The molecule has 1 heterocycles. The molecule has 3 rings (SSSR count). The van der Waals surface area contributed by atoms with Crippen molar-refractivity contribution in [3.8, 4) is 17.0 Å². The van der Waals surface area contributed by atoms with Crippen LogP contribution in [0.25, 0.3) is 11.3 Å². The first-order chi connectivity index (χ1) is 10.7. The summed E-state index contributed by atoms with van der Waals surface area (Å²) in [6, 6.07) is 7.86. The first kappa shape index (κ1) is 17.7. The average molecular weight is 354 g/mol. The normalized spacial score (nSPS) is 19.9. The van der Waals surface area contributed by atoms with Gasteiger partial charge in [0.2, 0.25) is 5.91 Å². The van der Waals surface area contributed by atoms with Gasteiger partial charge in [0.25, 0.3) is 0 Å². The van der Waals surface area contributed by atoms with Gasteiger partial charge >= 0.3 is 0 Å². The zero-order valence-corrected chi connectivity index (χ0v) is 14.5. The number of ether oxygens (including phenoxy) is 1. The van der Waals surface area contributed by atoms with Gasteiger partial charge in [-0.15, -0.1) is 23.7 Å². The van der Waals surface area contributed by atoms with Gasteiger partial charge < -0.3 is 15.8 Å². The van der Waals surface area contributed by atoms with E-state index in [4.69, 9.17) is 10.5 Å². The highest BCUT2D eigenvalue weighted by atomic mass is 35.5. The molecule has 1 aliphatic rings. The van der Waals surface area contributed by atoms with Crippen LogP contribution in [0.5, 0.6) is 5.75 Å². The maximum atomic E-state index is 12.2. The lowest BCUT2D eigenvalue weighted by molar-refractivity contribution is -0.119. The lowest BCUT2D eigenvalue weighted by Crippen LogP contribution is -2.23. The van der Waals surface area contributed by atoms with Crippen molar-refractivity contribution in [3.05, 3.63) is 29.6 Å². The van der Waals surface area contributed by atoms with Crippen LogP contribution < -0.4 is 15.8 Å². The van der Waals surface area contributed by atoms with Crippen molar-refractivity contribution in [3.63, 3.8) is 0 Å². The minimum Gasteiger partial charge on any atom is -0.496 e. The molecule has 1 aliphatic carbocycles. The number of carbonyl (C=O) groups excluding carboxylic acids is 1. The van der Waals surface area contributed by atoms with Gasteiger partial charge in [0.05, 0.1) is 12.8 Å². The van der Waals surface area contributed by atoms with Gasteiger partial charge in [-0.2, -0.15) is 0 Å². The summed E-state index contributed by atoms with van der Waals surface area (Å²) in [6.07, 6.45) is 2.54. The monoisotopic (exact) mass is 353 g/mol. The molecule has 124 valence electrons. The number of hydrogen-bond donors (Lipinski definition) is 2. The second-order valence-electron chi connectivity index (χ2n) is 5.50. The summed E-state index contributed by atoms with van der Waals surface area (Å²) in [4.78, 5) is 16.7. The van der Waals surface area contributed by atoms with Crippen LogP contribution in [0.2, 0.25) is 0 Å². The average Bonchev–Trinajstić information content (AvgIpc) is 3.16. The van der Waals surface area contributed by atoms with Crippen LogP contribution in [0.1, 0.15) is 19.3 Å². The number of nitrogens with one attached hydrogen (secondary N) is 1. The molecule has 23 heavy (non-hydrogen) atoms. The van der Waals surface area contributed by atoms with Gasteiger partial charge in [-0.05, 0) is 31.4 Å². The van der Waals surface area contributed by atoms with Crippen LogP contribution in [-0.2, 0) is 4.79 Å². The second-order valence-corrected chi connectivity index (χ2v) is 6.36. The molecule has 3 N–H and O–H groups in total. The summed E-state index contributed by atoms with van der Waals surface area (Å²) < 4.78 is 5.35. The number of hydrogen-bond acceptors (Lipinski definition) is 5. The van der Waals surface area contributed by atoms with Gasteiger partial charge in [0.1, 0.15) is 5.75 Å². The maximum absolute atomic E-state index is 12.2. The van der Waals surface area contributed by atoms with Crippen LogP contribution in [0.15, 0.2) is 29.6 Å². The van der Waals surface area contributed by atoms with Crippen molar-refractivity contribution in [2.45, 2.75) is 25.3 Å². The predicted molar refractivity (Wildman–Crippen MR) is 95.3 cm³/mol. The summed E-state index contributed by atoms with van der Waals surface area (Å²) in [5.74, 6) is 0.801. The van der Waals surface area contributed by atoms with E-state index < -0.39 is 0 Å². The fourth-order valence-electron chi connectivity index (χ4n) is 2.77. The van der Waals surface area contributed by atoms with Crippen molar-refractivity contribution >= 4 is 34.8 Å². The summed E-state index contributed by atoms with van der Waals surface area (Å²) in [5.41, 5.74) is 7.59. The molecule has 2 atom stereocenters. The van der Waals surface area contributed by atoms with Gasteiger partial charge in [-0.25, -0.2) is 4.98 Å². The summed E-state index contributed by atoms with van der Waals surface area (Å²) in [5, 5.41) is 5.45. The molecule has 0 spiro atoms. The number of para-hydroxylation sites is 1. The minimum absolute atomic E-state index is 0. The molecule has 1 aromatic carbocycles. The number of halogens is 1. The van der Waals surface area contributed by atoms with E-state index in [2.05, 4.69) is 10.3 Å². The van der Waals surface area contributed by atoms with Gasteiger partial charge in [-0.1, -0.05) is 12.1 Å². The third-order valence-electron chi connectivity index (χ3n) is 3.96. The quantitative estimate of drug-likeness (QED) is 0.884. The molecule has 2 aromatic rings. The van der Waals surface area contributed by atoms with Crippen LogP contribution in [0.3, 0.4) is 0 Å². The maximum Gasteiger partial charge on any atom is 0.229 e. The Morgan fingerprint density at radius 2 is 2.17 bits per heavy atom. The number of amides is 1. The summed E-state index contributed by atoms with van der Waals surface area (Å²) in [6.45, 7) is 0. The van der Waals surface area contributed by atoms with E-state index >= 15 is 0 Å². The van der Waals surface area contributed by atoms with Crippen molar-refractivity contribution in [1.82, 2.24) is 4.98 Å². The molecule has 1 aromatic heterocycles. The first-order valence-corrected chi connectivity index (χ1v) is 8.20. The molecule has 5 nitrogen and oxygen atoms in total. The fraction of sp³-hybridized carbons (Fsp3) is 0.375. The number of benzene rings is 1. The van der Waals surface area contributed by atoms with Crippen molar-refractivity contribution < 1.29 is 9.53 Å². The molecule has 0 bridgehead atoms. The zero-order chi connectivity index (χ0) is 15.5. The van der Waals surface area contributed by atoms with Gasteiger partial charge in [0, 0.05) is 22.9 Å². The number of thiazole rings is 1. The van der Waals surface area contributed by atoms with Gasteiger partial charge in [-0.3, -0.25) is 4.79 Å². The fourth-order valence-corrected chi connectivity index (χ4v) is 3.49. The Bertz CT molecular complexity index is 677. The molecule has 1 saturated carbocycles. The standard InChI is InChI=1S/C16H19N3O2S.ClH/c1-21-14-5-3-2-4-12(14)13-9-22-16(18-13)19-15(20)10-6-7-11(17)8-10;/h2-5,9-11H,6-8,17H2,1H3,(H,18,19,20);1H. The number of rotatable bonds is 4. The summed E-state index contributed by atoms with van der Waals surface area (Å²) in [7, 11) is 1.64. The number of carbonyl (C=O) groups is 1. The highest BCUT2D eigenvalue weighted by Gasteiger charge is 2.28. The van der Waals surface area contributed by atoms with Crippen LogP contribution in [0, 0.1) is 5.92 Å². The Kier molecular flexibility index (Phi) is 5.98. The molecule has 1 fully saturated rings. The second kappa shape index (κ2) is 7.77. The van der Waals surface area contributed by atoms with Crippen LogP contribution >= 0.6 is 23.7 Å². The zero-order valence-electron chi connectivity index (χ0n) is 12.8. The van der Waals surface area contributed by atoms with Crippen LogP contribution in [0.4, 0.5) is 5.13 Å². The molecule has 0 radical (unpaired) electrons. The molecular weight excluding hydrogens is 334 g/mol. The third kappa shape index (κ3) is 4.02. The number of nitrogens with two attached hydrogens (primary N) is 1. The van der Waals surface area contributed by atoms with E-state index in [1.54, 1.807) is 7.11 Å². The first-order valence-electron chi connectivity index (χ1n) is 7.32. The number of methoxy groups -OCH3 is 1. The van der Waals surface area contributed by atoms with E-state index in [9.17, 15) is 4.79 Å². The SMILES string of the molecule is COc1ccccc1-c1csc(NC(=O)C2CCC(N)C2)n1.Cl. The van der Waals surface area contributed by atoms with Crippen molar-refractivity contribution in [1.29, 1.82) is 0 Å². The molecule has 2 unspecified atom stereocenters. The van der Waals surface area contributed by atoms with E-state index in [1.165, 1.54) is 11.3 Å². The Morgan fingerprint density at radius 1 is 1.39 bits per heavy atom. The lowest BCUT2D eigenvalue weighted by Gasteiger charge is -2.08. The largest absolute Gasteiger partial charge is 0.496 e. The smallest absolute Gasteiger partial charge is 0.229 e. The lowest BCUT2D eigenvalue weighted by atomic mass is 10.1. The highest BCUT2D eigenvalue weighted by molar-refractivity contribution is 7.14. The molecule has 7 heteroatoms. The van der Waals surface area contributed by atoms with E-state index in [0.717, 1.165) is 36.3 Å². The van der Waals surface area contributed by atoms with E-state index in [0.29, 0.717) is 5.13 Å². The summed E-state index contributed by atoms with van der Waals surface area (Å²) >= 11 is 1.42. The van der Waals surface area contributed by atoms with Crippen LogP contribution in [-0.4, -0.2) is 24.0 Å². The molecule has 0 saturated heterocycles. The van der Waals surface area contributed by atoms with E-state index in [1.807, 2.05) is 29.6 Å². The number of nitrogens with zero attached hydrogens (tertiary/aromatic N) is 1. The molecular formula is C16H20ClN3O2S. The van der Waals surface area contributed by atoms with Crippen molar-refractivity contribution in [2.75, 3.05) is 12.4 Å². The Labute approximate surface area is 145 Å². The Hall–Kier alpha value is -1.63. The van der Waals surface area contributed by atoms with E-state index in [-0.39, 0.29) is 30.3 Å². The predicted octanol–water partition coefficient (Wildman–Crippen LogP) is 3.31. The highest BCUT2D eigenvalue weighted by Crippen LogP contribution is 2.32. The molecule has 1 amide bonds.